The van der Waals surface area contributed by atoms with Crippen LogP contribution in [0.4, 0.5) is 16.4 Å². The first-order valence-corrected chi connectivity index (χ1v) is 7.88. The van der Waals surface area contributed by atoms with Crippen LogP contribution < -0.4 is 5.32 Å². The molecule has 136 valence electrons. The molecule has 0 spiro atoms. The first-order chi connectivity index (χ1) is 11.6. The smallest absolute Gasteiger partial charge is 0.421 e. The second-order valence-electron chi connectivity index (χ2n) is 6.88. The van der Waals surface area contributed by atoms with E-state index in [1.807, 2.05) is 19.0 Å². The zero-order chi connectivity index (χ0) is 18.8. The van der Waals surface area contributed by atoms with Crippen LogP contribution in [0.2, 0.25) is 0 Å². The van der Waals surface area contributed by atoms with Crippen LogP contribution in [-0.2, 0) is 4.74 Å². The molecule has 1 aromatic carbocycles. The largest absolute Gasteiger partial charge is 0.443 e. The van der Waals surface area contributed by atoms with Crippen LogP contribution in [0.1, 0.15) is 20.8 Å². The van der Waals surface area contributed by atoms with E-state index in [9.17, 15) is 14.9 Å². The molecule has 2 rings (SSSR count). The number of nitrogens with one attached hydrogen (secondary N) is 1. The highest BCUT2D eigenvalue weighted by Crippen LogP contribution is 2.28. The third kappa shape index (κ3) is 4.44. The Bertz CT molecular complexity index is 792. The van der Waals surface area contributed by atoms with Gasteiger partial charge in [0.25, 0.3) is 5.69 Å². The SMILES string of the molecule is CN(C)CCNc1nc2c([N+](=O)[O-])cccc2n1C(=O)OC(C)(C)C. The maximum absolute atomic E-state index is 12.6. The Morgan fingerprint density at radius 1 is 1.40 bits per heavy atom. The van der Waals surface area contributed by atoms with Gasteiger partial charge in [0.1, 0.15) is 5.60 Å². The maximum atomic E-state index is 12.6. The molecular formula is C16H23N5O4. The van der Waals surface area contributed by atoms with Gasteiger partial charge < -0.3 is 15.0 Å². The monoisotopic (exact) mass is 349 g/mol. The number of nitrogens with zero attached hydrogens (tertiary/aromatic N) is 4. The zero-order valence-electron chi connectivity index (χ0n) is 15.1. The van der Waals surface area contributed by atoms with E-state index in [0.717, 1.165) is 0 Å². The number of para-hydroxylation sites is 1. The van der Waals surface area contributed by atoms with Crippen LogP contribution in [-0.4, -0.2) is 58.3 Å². The minimum Gasteiger partial charge on any atom is -0.443 e. The first-order valence-electron chi connectivity index (χ1n) is 7.88. The summed E-state index contributed by atoms with van der Waals surface area (Å²) >= 11 is 0. The van der Waals surface area contributed by atoms with Gasteiger partial charge >= 0.3 is 6.09 Å². The van der Waals surface area contributed by atoms with Crippen molar-refractivity contribution < 1.29 is 14.5 Å². The van der Waals surface area contributed by atoms with Crippen molar-refractivity contribution in [3.05, 3.63) is 28.3 Å². The van der Waals surface area contributed by atoms with Gasteiger partial charge in [0.15, 0.2) is 5.52 Å². The Morgan fingerprint density at radius 3 is 2.64 bits per heavy atom. The lowest BCUT2D eigenvalue weighted by Crippen LogP contribution is -2.29. The summed E-state index contributed by atoms with van der Waals surface area (Å²) < 4.78 is 6.66. The summed E-state index contributed by atoms with van der Waals surface area (Å²) in [7, 11) is 3.84. The fourth-order valence-corrected chi connectivity index (χ4v) is 2.23. The van der Waals surface area contributed by atoms with E-state index >= 15 is 0 Å². The number of nitro benzene ring substituents is 1. The number of rotatable bonds is 5. The molecule has 2 aromatic rings. The molecule has 0 amide bonds. The zero-order valence-corrected chi connectivity index (χ0v) is 15.1. The van der Waals surface area contributed by atoms with Crippen molar-refractivity contribution in [2.24, 2.45) is 0 Å². The molecule has 0 fully saturated rings. The molecule has 0 bridgehead atoms. The topological polar surface area (TPSA) is 103 Å². The number of nitro groups is 1. The fraction of sp³-hybridized carbons (Fsp3) is 0.500. The van der Waals surface area contributed by atoms with Gasteiger partial charge in [-0.05, 0) is 40.9 Å². The summed E-state index contributed by atoms with van der Waals surface area (Å²) in [4.78, 5) is 29.6. The normalized spacial score (nSPS) is 11.8. The van der Waals surface area contributed by atoms with Crippen LogP contribution in [0.3, 0.4) is 0 Å². The standard InChI is InChI=1S/C16H23N5O4/c1-16(2,3)25-15(22)20-11-7-6-8-12(21(23)24)13(11)18-14(20)17-9-10-19(4)5/h6-8H,9-10H2,1-5H3,(H,17,18). The molecule has 0 unspecified atom stereocenters. The average Bonchev–Trinajstić information content (AvgIpc) is 2.82. The molecule has 1 heterocycles. The van der Waals surface area contributed by atoms with E-state index in [4.69, 9.17) is 4.74 Å². The molecule has 1 aromatic heterocycles. The molecule has 0 radical (unpaired) electrons. The van der Waals surface area contributed by atoms with Crippen molar-refractivity contribution in [3.8, 4) is 0 Å². The van der Waals surface area contributed by atoms with E-state index in [1.54, 1.807) is 26.8 Å². The van der Waals surface area contributed by atoms with Crippen molar-refractivity contribution in [1.82, 2.24) is 14.5 Å². The number of hydrogen-bond acceptors (Lipinski definition) is 7. The summed E-state index contributed by atoms with van der Waals surface area (Å²) in [5.41, 5.74) is -0.382. The molecule has 0 saturated carbocycles. The number of benzene rings is 1. The summed E-state index contributed by atoms with van der Waals surface area (Å²) in [5.74, 6) is 0.223. The van der Waals surface area contributed by atoms with Gasteiger partial charge in [-0.15, -0.1) is 0 Å². The van der Waals surface area contributed by atoms with E-state index < -0.39 is 16.6 Å². The summed E-state index contributed by atoms with van der Waals surface area (Å²) in [6.45, 7) is 6.50. The highest BCUT2D eigenvalue weighted by molar-refractivity contribution is 5.95. The first kappa shape index (κ1) is 18.7. The summed E-state index contributed by atoms with van der Waals surface area (Å²) in [6.07, 6.45) is -0.636. The number of anilines is 1. The number of non-ortho nitro benzene ring substituents is 1. The van der Waals surface area contributed by atoms with Crippen molar-refractivity contribution in [1.29, 1.82) is 0 Å². The van der Waals surface area contributed by atoms with E-state index in [-0.39, 0.29) is 17.2 Å². The van der Waals surface area contributed by atoms with Crippen LogP contribution in [0, 0.1) is 10.1 Å². The van der Waals surface area contributed by atoms with Crippen LogP contribution in [0.5, 0.6) is 0 Å². The number of ether oxygens (including phenoxy) is 1. The quantitative estimate of drug-likeness (QED) is 0.654. The van der Waals surface area contributed by atoms with Crippen molar-refractivity contribution in [2.75, 3.05) is 32.5 Å². The molecular weight excluding hydrogens is 326 g/mol. The van der Waals surface area contributed by atoms with Gasteiger partial charge in [0, 0.05) is 19.2 Å². The molecule has 0 atom stereocenters. The van der Waals surface area contributed by atoms with Gasteiger partial charge in [-0.1, -0.05) is 6.07 Å². The number of fused-ring (bicyclic) bond motifs is 1. The third-order valence-corrected chi connectivity index (χ3v) is 3.28. The number of carbonyl (C=O) groups is 1. The third-order valence-electron chi connectivity index (χ3n) is 3.28. The lowest BCUT2D eigenvalue weighted by Gasteiger charge is -2.20. The minimum absolute atomic E-state index is 0.144. The number of hydrogen-bond donors (Lipinski definition) is 1. The predicted molar refractivity (Wildman–Crippen MR) is 95.1 cm³/mol. The molecule has 0 aliphatic heterocycles. The van der Waals surface area contributed by atoms with Crippen molar-refractivity contribution in [2.45, 2.75) is 26.4 Å². The molecule has 25 heavy (non-hydrogen) atoms. The molecule has 9 heteroatoms. The molecule has 0 saturated heterocycles. The Balaban J connectivity index is 2.52. The van der Waals surface area contributed by atoms with Crippen LogP contribution in [0.15, 0.2) is 18.2 Å². The Morgan fingerprint density at radius 2 is 2.08 bits per heavy atom. The maximum Gasteiger partial charge on any atom is 0.421 e. The van der Waals surface area contributed by atoms with Gasteiger partial charge in [-0.25, -0.2) is 14.3 Å². The number of imidazole rings is 1. The predicted octanol–water partition coefficient (Wildman–Crippen LogP) is 2.70. The Hall–Kier alpha value is -2.68. The Kier molecular flexibility index (Phi) is 5.27. The van der Waals surface area contributed by atoms with Gasteiger partial charge in [0.2, 0.25) is 5.95 Å². The Labute approximate surface area is 145 Å². The highest BCUT2D eigenvalue weighted by atomic mass is 16.6. The lowest BCUT2D eigenvalue weighted by atomic mass is 10.2. The van der Waals surface area contributed by atoms with E-state index in [0.29, 0.717) is 18.6 Å². The number of carbonyl (C=O) groups excluding carboxylic acids is 1. The van der Waals surface area contributed by atoms with Crippen LogP contribution >= 0.6 is 0 Å². The average molecular weight is 349 g/mol. The van der Waals surface area contributed by atoms with E-state index in [2.05, 4.69) is 10.3 Å². The number of likely N-dealkylation sites (N-methyl/N-ethyl adjacent to an activating group) is 1. The minimum atomic E-state index is -0.699. The fourth-order valence-electron chi connectivity index (χ4n) is 2.23. The van der Waals surface area contributed by atoms with Gasteiger partial charge in [-0.2, -0.15) is 0 Å². The van der Waals surface area contributed by atoms with Crippen LogP contribution in [0.25, 0.3) is 11.0 Å². The second-order valence-corrected chi connectivity index (χ2v) is 6.88. The highest BCUT2D eigenvalue weighted by Gasteiger charge is 2.26. The van der Waals surface area contributed by atoms with Gasteiger partial charge in [-0.3, -0.25) is 10.1 Å². The van der Waals surface area contributed by atoms with Crippen molar-refractivity contribution in [3.63, 3.8) is 0 Å². The molecule has 0 aliphatic rings. The second kappa shape index (κ2) is 7.06. The molecule has 9 nitrogen and oxygen atoms in total. The lowest BCUT2D eigenvalue weighted by molar-refractivity contribution is -0.383. The molecule has 1 N–H and O–H groups in total. The summed E-state index contributed by atoms with van der Waals surface area (Å²) in [5, 5.41) is 14.3. The van der Waals surface area contributed by atoms with E-state index in [1.165, 1.54) is 16.7 Å². The summed E-state index contributed by atoms with van der Waals surface area (Å²) in [6, 6.07) is 4.49. The van der Waals surface area contributed by atoms with Gasteiger partial charge in [0.05, 0.1) is 10.4 Å². The number of aromatic nitrogens is 2. The molecule has 0 aliphatic carbocycles. The van der Waals surface area contributed by atoms with Crippen molar-refractivity contribution >= 4 is 28.8 Å².